The van der Waals surface area contributed by atoms with Crippen LogP contribution >= 0.6 is 11.8 Å². The Morgan fingerprint density at radius 3 is 2.48 bits per heavy atom. The van der Waals surface area contributed by atoms with Crippen molar-refractivity contribution < 1.29 is 13.6 Å². The zero-order valence-corrected chi connectivity index (χ0v) is 14.0. The van der Waals surface area contributed by atoms with Crippen molar-refractivity contribution in [2.24, 2.45) is 0 Å². The number of aromatic nitrogens is 3. The van der Waals surface area contributed by atoms with Gasteiger partial charge in [0, 0.05) is 4.90 Å². The molecule has 1 aromatic heterocycles. The zero-order chi connectivity index (χ0) is 17.8. The summed E-state index contributed by atoms with van der Waals surface area (Å²) >= 11 is 0.379. The van der Waals surface area contributed by atoms with Gasteiger partial charge in [-0.05, 0) is 31.2 Å². The lowest BCUT2D eigenvalue weighted by Gasteiger charge is -2.09. The van der Waals surface area contributed by atoms with Crippen LogP contribution in [0.4, 0.5) is 14.5 Å². The lowest BCUT2D eigenvalue weighted by atomic mass is 10.3. The lowest BCUT2D eigenvalue weighted by Crippen LogP contribution is -2.15. The van der Waals surface area contributed by atoms with E-state index in [0.29, 0.717) is 28.0 Å². The van der Waals surface area contributed by atoms with Crippen molar-refractivity contribution in [1.82, 2.24) is 15.0 Å². The first-order chi connectivity index (χ1) is 12.0. The number of hydrogen-bond donors (Lipinski definition) is 1. The summed E-state index contributed by atoms with van der Waals surface area (Å²) in [7, 11) is 0. The predicted molar refractivity (Wildman–Crippen MR) is 92.4 cm³/mol. The second kappa shape index (κ2) is 7.43. The molecule has 0 aliphatic rings. The number of amides is 1. The second-order valence-electron chi connectivity index (χ2n) is 5.09. The maximum Gasteiger partial charge on any atom is 0.288 e. The quantitative estimate of drug-likeness (QED) is 0.695. The number of nitrogens with zero attached hydrogens (tertiary/aromatic N) is 3. The van der Waals surface area contributed by atoms with Gasteiger partial charge in [-0.25, -0.2) is 0 Å². The molecule has 5 nitrogen and oxygen atoms in total. The fourth-order valence-electron chi connectivity index (χ4n) is 2.22. The normalized spacial score (nSPS) is 10.9. The van der Waals surface area contributed by atoms with E-state index in [1.54, 1.807) is 25.1 Å². The summed E-state index contributed by atoms with van der Waals surface area (Å²) in [5, 5.41) is 11.1. The highest BCUT2D eigenvalue weighted by Gasteiger charge is 2.18. The van der Waals surface area contributed by atoms with E-state index in [9.17, 15) is 13.6 Å². The Morgan fingerprint density at radius 2 is 1.76 bits per heavy atom. The predicted octanol–water partition coefficient (Wildman–Crippen LogP) is 4.14. The molecule has 0 radical (unpaired) electrons. The van der Waals surface area contributed by atoms with Gasteiger partial charge in [0.1, 0.15) is 0 Å². The van der Waals surface area contributed by atoms with Crippen LogP contribution in [0.2, 0.25) is 0 Å². The number of benzene rings is 2. The minimum atomic E-state index is -2.57. The van der Waals surface area contributed by atoms with Gasteiger partial charge in [-0.2, -0.15) is 18.7 Å². The molecular weight excluding hydrogens is 346 g/mol. The number of para-hydroxylation sites is 2. The van der Waals surface area contributed by atoms with Crippen molar-refractivity contribution in [3.63, 3.8) is 0 Å². The number of nitrogens with one attached hydrogen (secondary N) is 1. The zero-order valence-electron chi connectivity index (χ0n) is 13.2. The number of aryl methyl sites for hydroxylation is 1. The summed E-state index contributed by atoms with van der Waals surface area (Å²) in [6, 6.07) is 15.6. The fraction of sp³-hybridized carbons (Fsp3) is 0.118. The maximum atomic E-state index is 12.6. The third-order valence-corrected chi connectivity index (χ3v) is 4.12. The highest BCUT2D eigenvalue weighted by atomic mass is 32.2. The topological polar surface area (TPSA) is 59.8 Å². The number of thioether (sulfide) groups is 1. The molecule has 0 aliphatic heterocycles. The molecule has 3 rings (SSSR count). The van der Waals surface area contributed by atoms with E-state index in [0.717, 1.165) is 5.69 Å². The van der Waals surface area contributed by atoms with E-state index in [1.165, 1.54) is 10.9 Å². The summed E-state index contributed by atoms with van der Waals surface area (Å²) in [5.74, 6) is -3.07. The third kappa shape index (κ3) is 4.03. The van der Waals surface area contributed by atoms with Crippen molar-refractivity contribution >= 4 is 23.4 Å². The average Bonchev–Trinajstić information content (AvgIpc) is 2.99. The number of rotatable bonds is 5. The molecule has 0 spiro atoms. The Kier molecular flexibility index (Phi) is 5.08. The van der Waals surface area contributed by atoms with Crippen LogP contribution < -0.4 is 5.32 Å². The molecule has 0 aliphatic carbocycles. The van der Waals surface area contributed by atoms with Gasteiger partial charge in [0.15, 0.2) is 5.69 Å². The van der Waals surface area contributed by atoms with Crippen LogP contribution in [-0.2, 0) is 0 Å². The van der Waals surface area contributed by atoms with Crippen LogP contribution in [-0.4, -0.2) is 26.7 Å². The van der Waals surface area contributed by atoms with E-state index >= 15 is 0 Å². The molecule has 0 fully saturated rings. The number of carbonyl (C=O) groups excluding carboxylic acids is 1. The number of hydrogen-bond acceptors (Lipinski definition) is 4. The first kappa shape index (κ1) is 17.1. The van der Waals surface area contributed by atoms with Crippen LogP contribution in [0.1, 0.15) is 16.2 Å². The van der Waals surface area contributed by atoms with Gasteiger partial charge < -0.3 is 5.32 Å². The van der Waals surface area contributed by atoms with Crippen molar-refractivity contribution in [2.75, 3.05) is 5.32 Å². The van der Waals surface area contributed by atoms with E-state index in [1.807, 2.05) is 30.3 Å². The molecule has 2 aromatic carbocycles. The van der Waals surface area contributed by atoms with Crippen molar-refractivity contribution in [1.29, 1.82) is 0 Å². The molecule has 0 unspecified atom stereocenters. The van der Waals surface area contributed by atoms with Crippen LogP contribution in [0.5, 0.6) is 0 Å². The molecule has 1 N–H and O–H groups in total. The Labute approximate surface area is 147 Å². The molecule has 0 bridgehead atoms. The van der Waals surface area contributed by atoms with Crippen LogP contribution in [0.3, 0.4) is 0 Å². The summed E-state index contributed by atoms with van der Waals surface area (Å²) in [5.41, 5.74) is 1.62. The van der Waals surface area contributed by atoms with Gasteiger partial charge in [-0.3, -0.25) is 4.79 Å². The third-order valence-electron chi connectivity index (χ3n) is 3.34. The molecular formula is C17H14F2N4OS. The summed E-state index contributed by atoms with van der Waals surface area (Å²) in [6.07, 6.45) is 0. The Hall–Kier alpha value is -2.74. The van der Waals surface area contributed by atoms with E-state index in [-0.39, 0.29) is 5.69 Å². The summed E-state index contributed by atoms with van der Waals surface area (Å²) in [6.45, 7) is 1.67. The SMILES string of the molecule is Cc1nn(-c2ccccc2)nc1C(=O)Nc1ccccc1SC(F)F. The molecule has 0 atom stereocenters. The largest absolute Gasteiger partial charge is 0.319 e. The van der Waals surface area contributed by atoms with Crippen LogP contribution in [0.15, 0.2) is 59.5 Å². The Morgan fingerprint density at radius 1 is 1.08 bits per heavy atom. The molecule has 25 heavy (non-hydrogen) atoms. The standard InChI is InChI=1S/C17H14F2N4OS/c1-11-15(22-23(21-11)12-7-3-2-4-8-12)16(24)20-13-9-5-6-10-14(13)25-17(18)19/h2-10,17H,1H3,(H,20,24). The average molecular weight is 360 g/mol. The Bertz CT molecular complexity index is 883. The summed E-state index contributed by atoms with van der Waals surface area (Å²) in [4.78, 5) is 14.1. The minimum absolute atomic E-state index is 0.140. The molecule has 0 saturated carbocycles. The smallest absolute Gasteiger partial charge is 0.288 e. The van der Waals surface area contributed by atoms with Crippen LogP contribution in [0, 0.1) is 6.92 Å². The van der Waals surface area contributed by atoms with Crippen molar-refractivity contribution in [2.45, 2.75) is 17.6 Å². The van der Waals surface area contributed by atoms with Gasteiger partial charge in [0.25, 0.3) is 11.7 Å². The van der Waals surface area contributed by atoms with E-state index < -0.39 is 11.7 Å². The minimum Gasteiger partial charge on any atom is -0.319 e. The van der Waals surface area contributed by atoms with Gasteiger partial charge in [0.2, 0.25) is 0 Å². The van der Waals surface area contributed by atoms with Gasteiger partial charge in [-0.1, -0.05) is 42.1 Å². The molecule has 0 saturated heterocycles. The molecule has 1 heterocycles. The highest BCUT2D eigenvalue weighted by Crippen LogP contribution is 2.31. The first-order valence-electron chi connectivity index (χ1n) is 7.39. The first-order valence-corrected chi connectivity index (χ1v) is 8.27. The molecule has 3 aromatic rings. The number of alkyl halides is 2. The highest BCUT2D eigenvalue weighted by molar-refractivity contribution is 7.99. The summed E-state index contributed by atoms with van der Waals surface area (Å²) < 4.78 is 25.3. The Balaban J connectivity index is 1.84. The van der Waals surface area contributed by atoms with Gasteiger partial charge >= 0.3 is 0 Å². The fourth-order valence-corrected chi connectivity index (χ4v) is 2.81. The van der Waals surface area contributed by atoms with Gasteiger partial charge in [-0.15, -0.1) is 5.10 Å². The number of carbonyl (C=O) groups is 1. The number of anilines is 1. The lowest BCUT2D eigenvalue weighted by molar-refractivity contribution is 0.102. The maximum absolute atomic E-state index is 12.6. The van der Waals surface area contributed by atoms with Gasteiger partial charge in [0.05, 0.1) is 17.1 Å². The molecule has 8 heteroatoms. The number of halogens is 2. The van der Waals surface area contributed by atoms with E-state index in [2.05, 4.69) is 15.5 Å². The second-order valence-corrected chi connectivity index (χ2v) is 6.12. The molecule has 128 valence electrons. The molecule has 1 amide bonds. The van der Waals surface area contributed by atoms with Crippen LogP contribution in [0.25, 0.3) is 5.69 Å². The van der Waals surface area contributed by atoms with Crippen molar-refractivity contribution in [3.8, 4) is 5.69 Å². The van der Waals surface area contributed by atoms with Crippen molar-refractivity contribution in [3.05, 3.63) is 66.0 Å². The monoisotopic (exact) mass is 360 g/mol. The van der Waals surface area contributed by atoms with E-state index in [4.69, 9.17) is 0 Å².